The summed E-state index contributed by atoms with van der Waals surface area (Å²) in [6.45, 7) is 8.26. The predicted molar refractivity (Wildman–Crippen MR) is 71.7 cm³/mol. The van der Waals surface area contributed by atoms with Gasteiger partial charge < -0.3 is 15.2 Å². The standard InChI is InChI=1S/C14H21NO3/c1-5-17-14(16)11-6-7-13(12(15)8-11)18-10(4)9(2)3/h6-10H,5,15H2,1-4H3. The van der Waals surface area contributed by atoms with E-state index in [1.54, 1.807) is 25.1 Å². The number of nitrogens with two attached hydrogens (primary N) is 1. The first-order chi connectivity index (χ1) is 8.45. The highest BCUT2D eigenvalue weighted by Gasteiger charge is 2.13. The molecule has 0 saturated heterocycles. The maximum Gasteiger partial charge on any atom is 0.338 e. The molecule has 4 nitrogen and oxygen atoms in total. The highest BCUT2D eigenvalue weighted by Crippen LogP contribution is 2.25. The van der Waals surface area contributed by atoms with Gasteiger partial charge in [-0.05, 0) is 38.0 Å². The largest absolute Gasteiger partial charge is 0.488 e. The molecule has 1 unspecified atom stereocenters. The molecule has 0 aliphatic carbocycles. The molecule has 1 atom stereocenters. The van der Waals surface area contributed by atoms with Crippen molar-refractivity contribution in [3.8, 4) is 5.75 Å². The summed E-state index contributed by atoms with van der Waals surface area (Å²) >= 11 is 0. The summed E-state index contributed by atoms with van der Waals surface area (Å²) in [7, 11) is 0. The summed E-state index contributed by atoms with van der Waals surface area (Å²) in [6, 6.07) is 4.96. The molecule has 0 fully saturated rings. The van der Waals surface area contributed by atoms with Crippen LogP contribution in [-0.2, 0) is 4.74 Å². The Hall–Kier alpha value is -1.71. The van der Waals surface area contributed by atoms with Gasteiger partial charge in [-0.25, -0.2) is 4.79 Å². The van der Waals surface area contributed by atoms with E-state index in [1.807, 2.05) is 6.92 Å². The SMILES string of the molecule is CCOC(=O)c1ccc(OC(C)C(C)C)c(N)c1. The monoisotopic (exact) mass is 251 g/mol. The van der Waals surface area contributed by atoms with E-state index in [4.69, 9.17) is 15.2 Å². The molecule has 1 rings (SSSR count). The van der Waals surface area contributed by atoms with E-state index >= 15 is 0 Å². The van der Waals surface area contributed by atoms with Crippen LogP contribution >= 0.6 is 0 Å². The van der Waals surface area contributed by atoms with Gasteiger partial charge in [0, 0.05) is 0 Å². The van der Waals surface area contributed by atoms with Crippen molar-refractivity contribution in [3.63, 3.8) is 0 Å². The van der Waals surface area contributed by atoms with Crippen molar-refractivity contribution in [1.29, 1.82) is 0 Å². The number of anilines is 1. The molecule has 0 aliphatic rings. The van der Waals surface area contributed by atoms with E-state index in [0.29, 0.717) is 29.5 Å². The Balaban J connectivity index is 2.83. The van der Waals surface area contributed by atoms with Gasteiger partial charge >= 0.3 is 5.97 Å². The van der Waals surface area contributed by atoms with Gasteiger partial charge in [0.25, 0.3) is 0 Å². The quantitative estimate of drug-likeness (QED) is 0.645. The summed E-state index contributed by atoms with van der Waals surface area (Å²) in [5.41, 5.74) is 6.77. The molecule has 0 saturated carbocycles. The zero-order chi connectivity index (χ0) is 13.7. The van der Waals surface area contributed by atoms with Crippen molar-refractivity contribution in [1.82, 2.24) is 0 Å². The van der Waals surface area contributed by atoms with Crippen LogP contribution < -0.4 is 10.5 Å². The minimum absolute atomic E-state index is 0.0701. The van der Waals surface area contributed by atoms with Crippen molar-refractivity contribution >= 4 is 11.7 Å². The van der Waals surface area contributed by atoms with Crippen LogP contribution in [0, 0.1) is 5.92 Å². The molecular formula is C14H21NO3. The maximum atomic E-state index is 11.5. The van der Waals surface area contributed by atoms with Crippen molar-refractivity contribution in [2.24, 2.45) is 5.92 Å². The lowest BCUT2D eigenvalue weighted by molar-refractivity contribution is 0.0526. The second kappa shape index (κ2) is 6.28. The lowest BCUT2D eigenvalue weighted by atomic mass is 10.1. The number of hydrogen-bond acceptors (Lipinski definition) is 4. The van der Waals surface area contributed by atoms with Crippen molar-refractivity contribution in [2.45, 2.75) is 33.8 Å². The van der Waals surface area contributed by atoms with Gasteiger partial charge in [-0.15, -0.1) is 0 Å². The smallest absolute Gasteiger partial charge is 0.338 e. The van der Waals surface area contributed by atoms with Crippen LogP contribution in [0.15, 0.2) is 18.2 Å². The van der Waals surface area contributed by atoms with Gasteiger partial charge in [0.15, 0.2) is 0 Å². The first-order valence-corrected chi connectivity index (χ1v) is 6.19. The summed E-state index contributed by atoms with van der Waals surface area (Å²) in [5.74, 6) is 0.631. The normalized spacial score (nSPS) is 12.3. The third-order valence-electron chi connectivity index (χ3n) is 2.77. The third kappa shape index (κ3) is 3.65. The van der Waals surface area contributed by atoms with Gasteiger partial charge in [-0.2, -0.15) is 0 Å². The molecule has 100 valence electrons. The molecule has 0 aliphatic heterocycles. The second-order valence-electron chi connectivity index (χ2n) is 4.54. The van der Waals surface area contributed by atoms with Crippen molar-refractivity contribution < 1.29 is 14.3 Å². The van der Waals surface area contributed by atoms with E-state index in [9.17, 15) is 4.79 Å². The molecule has 0 heterocycles. The van der Waals surface area contributed by atoms with Crippen LogP contribution in [-0.4, -0.2) is 18.7 Å². The van der Waals surface area contributed by atoms with E-state index in [0.717, 1.165) is 0 Å². The molecule has 18 heavy (non-hydrogen) atoms. The van der Waals surface area contributed by atoms with Gasteiger partial charge in [0.05, 0.1) is 24.0 Å². The second-order valence-corrected chi connectivity index (χ2v) is 4.54. The minimum atomic E-state index is -0.368. The Morgan fingerprint density at radius 2 is 2.00 bits per heavy atom. The number of benzene rings is 1. The lowest BCUT2D eigenvalue weighted by Gasteiger charge is -2.19. The van der Waals surface area contributed by atoms with Gasteiger partial charge in [0.2, 0.25) is 0 Å². The first kappa shape index (κ1) is 14.4. The summed E-state index contributed by atoms with van der Waals surface area (Å²) in [6.07, 6.45) is 0.0701. The number of esters is 1. The number of carbonyl (C=O) groups excluding carboxylic acids is 1. The Morgan fingerprint density at radius 3 is 2.50 bits per heavy atom. The van der Waals surface area contributed by atoms with E-state index in [1.165, 1.54) is 0 Å². The van der Waals surface area contributed by atoms with Crippen molar-refractivity contribution in [3.05, 3.63) is 23.8 Å². The van der Waals surface area contributed by atoms with Gasteiger partial charge in [-0.3, -0.25) is 0 Å². The fraction of sp³-hybridized carbons (Fsp3) is 0.500. The van der Waals surface area contributed by atoms with Crippen LogP contribution in [0.2, 0.25) is 0 Å². The zero-order valence-corrected chi connectivity index (χ0v) is 11.4. The molecule has 1 aromatic rings. The van der Waals surface area contributed by atoms with Crippen LogP contribution in [0.25, 0.3) is 0 Å². The number of hydrogen-bond donors (Lipinski definition) is 1. The molecule has 1 aromatic carbocycles. The van der Waals surface area contributed by atoms with Crippen LogP contribution in [0.5, 0.6) is 5.75 Å². The Bertz CT molecular complexity index is 416. The Kier molecular flexibility index (Phi) is 5.01. The van der Waals surface area contributed by atoms with E-state index in [-0.39, 0.29) is 12.1 Å². The average Bonchev–Trinajstić information content (AvgIpc) is 2.31. The fourth-order valence-corrected chi connectivity index (χ4v) is 1.33. The minimum Gasteiger partial charge on any atom is -0.488 e. The predicted octanol–water partition coefficient (Wildman–Crippen LogP) is 2.87. The van der Waals surface area contributed by atoms with Crippen LogP contribution in [0.4, 0.5) is 5.69 Å². The Labute approximate surface area is 108 Å². The number of ether oxygens (including phenoxy) is 2. The molecule has 0 amide bonds. The zero-order valence-electron chi connectivity index (χ0n) is 11.4. The summed E-state index contributed by atoms with van der Waals surface area (Å²) in [5, 5.41) is 0. The number of nitrogen functional groups attached to an aromatic ring is 1. The van der Waals surface area contributed by atoms with Crippen molar-refractivity contribution in [2.75, 3.05) is 12.3 Å². The highest BCUT2D eigenvalue weighted by molar-refractivity contribution is 5.91. The number of carbonyl (C=O) groups is 1. The van der Waals surface area contributed by atoms with E-state index < -0.39 is 0 Å². The van der Waals surface area contributed by atoms with Crippen LogP contribution in [0.1, 0.15) is 38.1 Å². The third-order valence-corrected chi connectivity index (χ3v) is 2.77. The maximum absolute atomic E-state index is 11.5. The molecule has 0 radical (unpaired) electrons. The summed E-state index contributed by atoms with van der Waals surface area (Å²) in [4.78, 5) is 11.5. The van der Waals surface area contributed by atoms with E-state index in [2.05, 4.69) is 13.8 Å². The highest BCUT2D eigenvalue weighted by atomic mass is 16.5. The average molecular weight is 251 g/mol. The topological polar surface area (TPSA) is 61.5 Å². The number of rotatable bonds is 5. The summed E-state index contributed by atoms with van der Waals surface area (Å²) < 4.78 is 10.6. The fourth-order valence-electron chi connectivity index (χ4n) is 1.33. The van der Waals surface area contributed by atoms with Crippen LogP contribution in [0.3, 0.4) is 0 Å². The molecule has 2 N–H and O–H groups in total. The Morgan fingerprint density at radius 1 is 1.33 bits per heavy atom. The van der Waals surface area contributed by atoms with Gasteiger partial charge in [-0.1, -0.05) is 13.8 Å². The molecule has 4 heteroatoms. The lowest BCUT2D eigenvalue weighted by Crippen LogP contribution is -2.19. The molecule has 0 aromatic heterocycles. The molecule has 0 bridgehead atoms. The first-order valence-electron chi connectivity index (χ1n) is 6.19. The molecule has 0 spiro atoms. The van der Waals surface area contributed by atoms with Gasteiger partial charge in [0.1, 0.15) is 5.75 Å². The molecular weight excluding hydrogens is 230 g/mol.